The molecule has 4 heteroatoms. The molecular weight excluding hydrogens is 288 g/mol. The molecule has 4 rings (SSSR count). The number of hydrogen-bond acceptors (Lipinski definition) is 3. The fourth-order valence-corrected chi connectivity index (χ4v) is 3.45. The van der Waals surface area contributed by atoms with E-state index >= 15 is 0 Å². The number of phenolic OH excluding ortho intramolecular Hbond substituents is 1. The second-order valence-corrected chi connectivity index (χ2v) is 5.86. The molecule has 0 fully saturated rings. The first-order valence-corrected chi connectivity index (χ1v) is 8.06. The Morgan fingerprint density at radius 1 is 1.22 bits per heavy atom. The normalized spacial score (nSPS) is 17.2. The summed E-state index contributed by atoms with van der Waals surface area (Å²) in [6.07, 6.45) is 1.02. The van der Waals surface area contributed by atoms with Crippen molar-refractivity contribution in [1.29, 1.82) is 0 Å². The summed E-state index contributed by atoms with van der Waals surface area (Å²) in [6, 6.07) is 14.1. The van der Waals surface area contributed by atoms with E-state index < -0.39 is 0 Å². The number of hydrogen-bond donors (Lipinski definition) is 3. The Morgan fingerprint density at radius 2 is 2.09 bits per heavy atom. The molecule has 0 unspecified atom stereocenters. The lowest BCUT2D eigenvalue weighted by Gasteiger charge is -2.25. The summed E-state index contributed by atoms with van der Waals surface area (Å²) < 4.78 is 5.53. The zero-order valence-electron chi connectivity index (χ0n) is 13.1. The van der Waals surface area contributed by atoms with E-state index in [4.69, 9.17) is 4.74 Å². The van der Waals surface area contributed by atoms with Crippen LogP contribution in [0, 0.1) is 0 Å². The van der Waals surface area contributed by atoms with Gasteiger partial charge in [-0.3, -0.25) is 0 Å². The minimum Gasteiger partial charge on any atom is -0.504 e. The van der Waals surface area contributed by atoms with Gasteiger partial charge >= 0.3 is 0 Å². The summed E-state index contributed by atoms with van der Waals surface area (Å²) in [4.78, 5) is 3.56. The summed E-state index contributed by atoms with van der Waals surface area (Å²) in [5.74, 6) is 0.721. The van der Waals surface area contributed by atoms with Crippen LogP contribution in [0.2, 0.25) is 0 Å². The summed E-state index contributed by atoms with van der Waals surface area (Å²) in [5.41, 5.74) is 4.87. The molecule has 0 saturated heterocycles. The molecule has 23 heavy (non-hydrogen) atoms. The SMILES string of the molecule is CCOc1cc([C@@H]2NCCc3c2[nH]c2ccccc32)ccc1O. The molecule has 1 aliphatic rings. The van der Waals surface area contributed by atoms with Crippen molar-refractivity contribution in [3.05, 3.63) is 59.3 Å². The molecule has 2 heterocycles. The van der Waals surface area contributed by atoms with Crippen molar-refractivity contribution in [3.8, 4) is 11.5 Å². The average Bonchev–Trinajstić information content (AvgIpc) is 2.96. The molecular formula is C19H20N2O2. The van der Waals surface area contributed by atoms with Gasteiger partial charge in [0.05, 0.1) is 12.6 Å². The molecule has 3 aromatic rings. The highest BCUT2D eigenvalue weighted by Crippen LogP contribution is 2.36. The Balaban J connectivity index is 1.81. The maximum Gasteiger partial charge on any atom is 0.161 e. The van der Waals surface area contributed by atoms with Crippen LogP contribution in [0.4, 0.5) is 0 Å². The van der Waals surface area contributed by atoms with E-state index in [0.717, 1.165) is 18.5 Å². The Labute approximate surface area is 135 Å². The molecule has 4 nitrogen and oxygen atoms in total. The van der Waals surface area contributed by atoms with E-state index in [9.17, 15) is 5.11 Å². The molecule has 0 spiro atoms. The number of benzene rings is 2. The third-order valence-corrected chi connectivity index (χ3v) is 4.48. The zero-order valence-corrected chi connectivity index (χ0v) is 13.1. The van der Waals surface area contributed by atoms with Crippen molar-refractivity contribution < 1.29 is 9.84 Å². The predicted molar refractivity (Wildman–Crippen MR) is 91.1 cm³/mol. The van der Waals surface area contributed by atoms with E-state index in [1.807, 2.05) is 19.1 Å². The van der Waals surface area contributed by atoms with Crippen molar-refractivity contribution in [2.24, 2.45) is 0 Å². The first kappa shape index (κ1) is 14.2. The number of phenols is 1. The lowest BCUT2D eigenvalue weighted by atomic mass is 9.94. The summed E-state index contributed by atoms with van der Waals surface area (Å²) in [5, 5.41) is 14.8. The summed E-state index contributed by atoms with van der Waals surface area (Å²) >= 11 is 0. The van der Waals surface area contributed by atoms with Crippen LogP contribution in [0.5, 0.6) is 11.5 Å². The molecule has 1 aromatic heterocycles. The number of H-pyrrole nitrogens is 1. The second kappa shape index (κ2) is 5.63. The van der Waals surface area contributed by atoms with Crippen molar-refractivity contribution in [1.82, 2.24) is 10.3 Å². The van der Waals surface area contributed by atoms with Crippen LogP contribution in [0.15, 0.2) is 42.5 Å². The van der Waals surface area contributed by atoms with Crippen LogP contribution in [0.1, 0.15) is 29.8 Å². The Hall–Kier alpha value is -2.46. The van der Waals surface area contributed by atoms with Crippen molar-refractivity contribution in [2.75, 3.05) is 13.2 Å². The first-order valence-electron chi connectivity index (χ1n) is 8.06. The van der Waals surface area contributed by atoms with Crippen LogP contribution in [0.25, 0.3) is 10.9 Å². The van der Waals surface area contributed by atoms with Gasteiger partial charge in [-0.2, -0.15) is 0 Å². The Bertz CT molecular complexity index is 854. The topological polar surface area (TPSA) is 57.3 Å². The van der Waals surface area contributed by atoms with E-state index in [0.29, 0.717) is 12.4 Å². The molecule has 3 N–H and O–H groups in total. The lowest BCUT2D eigenvalue weighted by Crippen LogP contribution is -2.30. The number of nitrogens with one attached hydrogen (secondary N) is 2. The van der Waals surface area contributed by atoms with Crippen LogP contribution < -0.4 is 10.1 Å². The third-order valence-electron chi connectivity index (χ3n) is 4.48. The van der Waals surface area contributed by atoms with E-state index in [1.54, 1.807) is 6.07 Å². The van der Waals surface area contributed by atoms with E-state index in [1.165, 1.54) is 22.2 Å². The van der Waals surface area contributed by atoms with Gasteiger partial charge in [0.2, 0.25) is 0 Å². The first-order chi connectivity index (χ1) is 11.3. The summed E-state index contributed by atoms with van der Waals surface area (Å²) in [7, 11) is 0. The summed E-state index contributed by atoms with van der Waals surface area (Å²) in [6.45, 7) is 3.39. The average molecular weight is 308 g/mol. The van der Waals surface area contributed by atoms with Gasteiger partial charge in [0, 0.05) is 23.1 Å². The van der Waals surface area contributed by atoms with Gasteiger partial charge in [-0.05, 0) is 42.7 Å². The van der Waals surface area contributed by atoms with Gasteiger partial charge in [0.15, 0.2) is 11.5 Å². The van der Waals surface area contributed by atoms with Crippen LogP contribution in [-0.4, -0.2) is 23.2 Å². The Kier molecular flexibility index (Phi) is 3.46. The highest BCUT2D eigenvalue weighted by Gasteiger charge is 2.25. The maximum absolute atomic E-state index is 9.92. The number of para-hydroxylation sites is 1. The van der Waals surface area contributed by atoms with Crippen LogP contribution >= 0.6 is 0 Å². The minimum atomic E-state index is 0.0888. The van der Waals surface area contributed by atoms with Gasteiger partial charge in [0.25, 0.3) is 0 Å². The lowest BCUT2D eigenvalue weighted by molar-refractivity contribution is 0.317. The standard InChI is InChI=1S/C19H20N2O2/c1-2-23-17-11-12(7-8-16(17)22)18-19-14(9-10-20-18)13-5-3-4-6-15(13)21-19/h3-8,11,18,20-22H,2,9-10H2,1H3/t18-/m0/s1. The number of rotatable bonds is 3. The molecule has 0 saturated carbocycles. The van der Waals surface area contributed by atoms with Gasteiger partial charge in [-0.1, -0.05) is 24.3 Å². The number of aromatic hydroxyl groups is 1. The molecule has 1 atom stereocenters. The predicted octanol–water partition coefficient (Wildman–Crippen LogP) is 3.51. The number of ether oxygens (including phenoxy) is 1. The van der Waals surface area contributed by atoms with Gasteiger partial charge in [-0.25, -0.2) is 0 Å². The smallest absolute Gasteiger partial charge is 0.161 e. The van der Waals surface area contributed by atoms with Crippen LogP contribution in [0.3, 0.4) is 0 Å². The fraction of sp³-hybridized carbons (Fsp3) is 0.263. The monoisotopic (exact) mass is 308 g/mol. The molecule has 0 bridgehead atoms. The highest BCUT2D eigenvalue weighted by atomic mass is 16.5. The molecule has 1 aliphatic heterocycles. The molecule has 0 radical (unpaired) electrons. The maximum atomic E-state index is 9.92. The fourth-order valence-electron chi connectivity index (χ4n) is 3.45. The molecule has 0 amide bonds. The van der Waals surface area contributed by atoms with Crippen molar-refractivity contribution in [2.45, 2.75) is 19.4 Å². The van der Waals surface area contributed by atoms with Gasteiger partial charge in [0.1, 0.15) is 0 Å². The highest BCUT2D eigenvalue weighted by molar-refractivity contribution is 5.85. The number of aromatic amines is 1. The Morgan fingerprint density at radius 3 is 2.96 bits per heavy atom. The van der Waals surface area contributed by atoms with Crippen molar-refractivity contribution >= 4 is 10.9 Å². The zero-order chi connectivity index (χ0) is 15.8. The van der Waals surface area contributed by atoms with E-state index in [-0.39, 0.29) is 11.8 Å². The second-order valence-electron chi connectivity index (χ2n) is 5.86. The third kappa shape index (κ3) is 2.35. The van der Waals surface area contributed by atoms with Gasteiger partial charge in [-0.15, -0.1) is 0 Å². The molecule has 0 aliphatic carbocycles. The quantitative estimate of drug-likeness (QED) is 0.694. The van der Waals surface area contributed by atoms with Crippen molar-refractivity contribution in [3.63, 3.8) is 0 Å². The number of fused-ring (bicyclic) bond motifs is 3. The van der Waals surface area contributed by atoms with Gasteiger partial charge < -0.3 is 20.1 Å². The molecule has 118 valence electrons. The largest absolute Gasteiger partial charge is 0.504 e. The number of aromatic nitrogens is 1. The van der Waals surface area contributed by atoms with E-state index in [2.05, 4.69) is 34.6 Å². The van der Waals surface area contributed by atoms with Crippen LogP contribution in [-0.2, 0) is 6.42 Å². The molecule has 2 aromatic carbocycles. The minimum absolute atomic E-state index is 0.0888.